The fraction of sp³-hybridized carbons (Fsp3) is 0.529. The quantitative estimate of drug-likeness (QED) is 0.845. The van der Waals surface area contributed by atoms with Crippen LogP contribution in [0.25, 0.3) is 0 Å². The number of unbranched alkanes of at least 4 members (excludes halogenated alkanes) is 1. The van der Waals surface area contributed by atoms with E-state index in [-0.39, 0.29) is 23.8 Å². The number of carbonyl (C=O) groups excluding carboxylic acids is 2. The van der Waals surface area contributed by atoms with Crippen LogP contribution < -0.4 is 10.6 Å². The maximum absolute atomic E-state index is 11.9. The monoisotopic (exact) mass is 290 g/mol. The van der Waals surface area contributed by atoms with Gasteiger partial charge in [-0.15, -0.1) is 0 Å². The van der Waals surface area contributed by atoms with E-state index in [0.717, 1.165) is 24.1 Å². The zero-order valence-electron chi connectivity index (χ0n) is 13.5. The average Bonchev–Trinajstić information content (AvgIpc) is 2.42. The summed E-state index contributed by atoms with van der Waals surface area (Å²) in [5, 5.41) is 5.52. The van der Waals surface area contributed by atoms with E-state index in [0.29, 0.717) is 6.42 Å². The van der Waals surface area contributed by atoms with Crippen molar-refractivity contribution in [3.8, 4) is 0 Å². The molecule has 0 bridgehead atoms. The van der Waals surface area contributed by atoms with Gasteiger partial charge in [0.15, 0.2) is 0 Å². The van der Waals surface area contributed by atoms with Crippen LogP contribution in [0.4, 0.5) is 5.69 Å². The number of carbonyl (C=O) groups is 2. The third kappa shape index (κ3) is 5.98. The molecule has 21 heavy (non-hydrogen) atoms. The van der Waals surface area contributed by atoms with Crippen molar-refractivity contribution in [2.24, 2.45) is 0 Å². The average molecular weight is 290 g/mol. The van der Waals surface area contributed by atoms with E-state index in [9.17, 15) is 9.59 Å². The van der Waals surface area contributed by atoms with E-state index in [1.54, 1.807) is 0 Å². The van der Waals surface area contributed by atoms with E-state index in [1.165, 1.54) is 0 Å². The molecule has 0 atom stereocenters. The smallest absolute Gasteiger partial charge is 0.243 e. The van der Waals surface area contributed by atoms with E-state index < -0.39 is 0 Å². The predicted octanol–water partition coefficient (Wildman–Crippen LogP) is 3.23. The molecular weight excluding hydrogens is 264 g/mol. The van der Waals surface area contributed by atoms with Gasteiger partial charge in [0.25, 0.3) is 0 Å². The van der Waals surface area contributed by atoms with Crippen molar-refractivity contribution >= 4 is 17.5 Å². The maximum Gasteiger partial charge on any atom is 0.243 e. The Balaban J connectivity index is 2.58. The lowest BCUT2D eigenvalue weighted by Crippen LogP contribution is -2.33. The Labute approximate surface area is 127 Å². The first-order chi connectivity index (χ1) is 9.84. The van der Waals surface area contributed by atoms with Gasteiger partial charge in [-0.1, -0.05) is 52.3 Å². The highest BCUT2D eigenvalue weighted by Gasteiger charge is 2.18. The molecule has 1 rings (SSSR count). The molecule has 0 saturated carbocycles. The molecule has 0 aliphatic heterocycles. The van der Waals surface area contributed by atoms with Gasteiger partial charge < -0.3 is 10.6 Å². The fourth-order valence-electron chi connectivity index (χ4n) is 2.05. The Hall–Kier alpha value is -1.84. The van der Waals surface area contributed by atoms with Crippen molar-refractivity contribution in [2.75, 3.05) is 11.9 Å². The molecule has 0 unspecified atom stereocenters. The van der Waals surface area contributed by atoms with Crippen LogP contribution in [-0.2, 0) is 15.0 Å². The molecule has 2 N–H and O–H groups in total. The SMILES string of the molecule is CCCCC(=O)NCC(=O)Nc1ccccc1C(C)(C)C. The normalized spacial score (nSPS) is 11.0. The number of nitrogens with one attached hydrogen (secondary N) is 2. The topological polar surface area (TPSA) is 58.2 Å². The van der Waals surface area contributed by atoms with Crippen molar-refractivity contribution in [3.63, 3.8) is 0 Å². The molecule has 0 fully saturated rings. The summed E-state index contributed by atoms with van der Waals surface area (Å²) in [7, 11) is 0. The first-order valence-corrected chi connectivity index (χ1v) is 7.50. The number of para-hydroxylation sites is 1. The fourth-order valence-corrected chi connectivity index (χ4v) is 2.05. The van der Waals surface area contributed by atoms with Crippen LogP contribution in [0.2, 0.25) is 0 Å². The summed E-state index contributed by atoms with van der Waals surface area (Å²) in [5.41, 5.74) is 1.84. The zero-order valence-corrected chi connectivity index (χ0v) is 13.5. The summed E-state index contributed by atoms with van der Waals surface area (Å²) < 4.78 is 0. The minimum atomic E-state index is -0.198. The molecule has 1 aromatic rings. The molecule has 4 heteroatoms. The first kappa shape index (κ1) is 17.2. The van der Waals surface area contributed by atoms with Gasteiger partial charge in [-0.25, -0.2) is 0 Å². The Morgan fingerprint density at radius 3 is 2.38 bits per heavy atom. The van der Waals surface area contributed by atoms with Crippen molar-refractivity contribution in [1.29, 1.82) is 0 Å². The van der Waals surface area contributed by atoms with Gasteiger partial charge in [0, 0.05) is 12.1 Å². The van der Waals surface area contributed by atoms with Crippen LogP contribution in [0.1, 0.15) is 52.5 Å². The van der Waals surface area contributed by atoms with Crippen LogP contribution in [0.15, 0.2) is 24.3 Å². The van der Waals surface area contributed by atoms with Crippen LogP contribution >= 0.6 is 0 Å². The summed E-state index contributed by atoms with van der Waals surface area (Å²) in [6, 6.07) is 7.75. The summed E-state index contributed by atoms with van der Waals surface area (Å²) in [6.45, 7) is 8.35. The number of hydrogen-bond acceptors (Lipinski definition) is 2. The van der Waals surface area contributed by atoms with Crippen molar-refractivity contribution in [1.82, 2.24) is 5.32 Å². The van der Waals surface area contributed by atoms with Gasteiger partial charge in [-0.05, 0) is 23.5 Å². The number of amides is 2. The number of rotatable bonds is 6. The predicted molar refractivity (Wildman–Crippen MR) is 86.3 cm³/mol. The molecule has 4 nitrogen and oxygen atoms in total. The van der Waals surface area contributed by atoms with Crippen LogP contribution in [0, 0.1) is 0 Å². The first-order valence-electron chi connectivity index (χ1n) is 7.50. The Morgan fingerprint density at radius 2 is 1.76 bits per heavy atom. The lowest BCUT2D eigenvalue weighted by atomic mass is 9.86. The molecule has 0 aromatic heterocycles. The number of anilines is 1. The zero-order chi connectivity index (χ0) is 15.9. The number of hydrogen-bond donors (Lipinski definition) is 2. The maximum atomic E-state index is 11.9. The molecular formula is C17H26N2O2. The lowest BCUT2D eigenvalue weighted by Gasteiger charge is -2.23. The second-order valence-electron chi connectivity index (χ2n) is 6.22. The van der Waals surface area contributed by atoms with Gasteiger partial charge in [0.2, 0.25) is 11.8 Å². The molecule has 0 aliphatic rings. The van der Waals surface area contributed by atoms with E-state index in [4.69, 9.17) is 0 Å². The second-order valence-corrected chi connectivity index (χ2v) is 6.22. The van der Waals surface area contributed by atoms with Crippen LogP contribution in [0.5, 0.6) is 0 Å². The second kappa shape index (κ2) is 7.81. The third-order valence-corrected chi connectivity index (χ3v) is 3.21. The van der Waals surface area contributed by atoms with Crippen molar-refractivity contribution in [3.05, 3.63) is 29.8 Å². The molecule has 1 aromatic carbocycles. The summed E-state index contributed by atoms with van der Waals surface area (Å²) in [4.78, 5) is 23.4. The van der Waals surface area contributed by atoms with Crippen LogP contribution in [0.3, 0.4) is 0 Å². The van der Waals surface area contributed by atoms with Crippen molar-refractivity contribution < 1.29 is 9.59 Å². The van der Waals surface area contributed by atoms with Gasteiger partial charge in [0.1, 0.15) is 0 Å². The molecule has 2 amide bonds. The molecule has 0 heterocycles. The third-order valence-electron chi connectivity index (χ3n) is 3.21. The summed E-state index contributed by atoms with van der Waals surface area (Å²) >= 11 is 0. The highest BCUT2D eigenvalue weighted by molar-refractivity contribution is 5.95. The standard InChI is InChI=1S/C17H26N2O2/c1-5-6-11-15(20)18-12-16(21)19-14-10-8-7-9-13(14)17(2,3)4/h7-10H,5-6,11-12H2,1-4H3,(H,18,20)(H,19,21). The van der Waals surface area contributed by atoms with Gasteiger partial charge in [-0.3, -0.25) is 9.59 Å². The molecule has 0 aliphatic carbocycles. The highest BCUT2D eigenvalue weighted by atomic mass is 16.2. The Kier molecular flexibility index (Phi) is 6.40. The molecule has 0 saturated heterocycles. The number of benzene rings is 1. The minimum Gasteiger partial charge on any atom is -0.347 e. The highest BCUT2D eigenvalue weighted by Crippen LogP contribution is 2.29. The Morgan fingerprint density at radius 1 is 1.10 bits per heavy atom. The van der Waals surface area contributed by atoms with Gasteiger partial charge in [-0.2, -0.15) is 0 Å². The van der Waals surface area contributed by atoms with Crippen LogP contribution in [-0.4, -0.2) is 18.4 Å². The molecule has 0 spiro atoms. The van der Waals surface area contributed by atoms with Gasteiger partial charge >= 0.3 is 0 Å². The summed E-state index contributed by atoms with van der Waals surface area (Å²) in [6.07, 6.45) is 2.29. The van der Waals surface area contributed by atoms with E-state index in [1.807, 2.05) is 31.2 Å². The van der Waals surface area contributed by atoms with E-state index in [2.05, 4.69) is 31.4 Å². The molecule has 116 valence electrons. The van der Waals surface area contributed by atoms with Crippen molar-refractivity contribution in [2.45, 2.75) is 52.4 Å². The lowest BCUT2D eigenvalue weighted by molar-refractivity contribution is -0.124. The largest absolute Gasteiger partial charge is 0.347 e. The Bertz CT molecular complexity index is 490. The van der Waals surface area contributed by atoms with Gasteiger partial charge in [0.05, 0.1) is 6.54 Å². The van der Waals surface area contributed by atoms with E-state index >= 15 is 0 Å². The molecule has 0 radical (unpaired) electrons. The minimum absolute atomic E-state index is 0.0149. The summed E-state index contributed by atoms with van der Waals surface area (Å²) in [5.74, 6) is -0.271.